The fourth-order valence-corrected chi connectivity index (χ4v) is 4.20. The van der Waals surface area contributed by atoms with Gasteiger partial charge in [-0.2, -0.15) is 0 Å². The summed E-state index contributed by atoms with van der Waals surface area (Å²) in [4.78, 5) is 8.92. The minimum atomic E-state index is -3.27. The van der Waals surface area contributed by atoms with Crippen molar-refractivity contribution in [2.45, 2.75) is 6.92 Å². The lowest BCUT2D eigenvalue weighted by molar-refractivity contribution is 0.598. The van der Waals surface area contributed by atoms with E-state index in [0.717, 1.165) is 22.0 Å². The molecule has 3 aromatic rings. The van der Waals surface area contributed by atoms with Gasteiger partial charge in [-0.1, -0.05) is 18.2 Å². The van der Waals surface area contributed by atoms with E-state index in [-0.39, 0.29) is 0 Å². The van der Waals surface area contributed by atoms with E-state index in [1.165, 1.54) is 21.9 Å². The quantitative estimate of drug-likeness (QED) is 0.697. The van der Waals surface area contributed by atoms with Crippen molar-refractivity contribution in [1.29, 1.82) is 0 Å². The van der Waals surface area contributed by atoms with Crippen molar-refractivity contribution in [2.75, 3.05) is 17.1 Å². The van der Waals surface area contributed by atoms with Gasteiger partial charge in [-0.05, 0) is 31.2 Å². The highest BCUT2D eigenvalue weighted by molar-refractivity contribution is 7.92. The molecule has 0 saturated heterocycles. The van der Waals surface area contributed by atoms with E-state index in [0.29, 0.717) is 12.2 Å². The highest BCUT2D eigenvalue weighted by Gasteiger charge is 2.15. The minimum absolute atomic E-state index is 0.401. The van der Waals surface area contributed by atoms with E-state index in [1.54, 1.807) is 18.3 Å². The summed E-state index contributed by atoms with van der Waals surface area (Å²) in [6, 6.07) is 13.1. The fourth-order valence-electron chi connectivity index (χ4n) is 2.42. The summed E-state index contributed by atoms with van der Waals surface area (Å²) in [5, 5.41) is 2.84. The summed E-state index contributed by atoms with van der Waals surface area (Å²) < 4.78 is 24.9. The molecule has 0 fully saturated rings. The lowest BCUT2D eigenvalue weighted by Crippen LogP contribution is -2.29. The molecule has 0 spiro atoms. The van der Waals surface area contributed by atoms with Crippen molar-refractivity contribution >= 4 is 27.0 Å². The van der Waals surface area contributed by atoms with Crippen LogP contribution in [0.1, 0.15) is 6.92 Å². The Morgan fingerprint density at radius 3 is 2.42 bits per heavy atom. The summed E-state index contributed by atoms with van der Waals surface area (Å²) >= 11 is 1.54. The van der Waals surface area contributed by atoms with Gasteiger partial charge in [0.25, 0.3) is 0 Å². The maximum Gasteiger partial charge on any atom is 0.232 e. The molecule has 1 aromatic carbocycles. The molecule has 0 saturated carbocycles. The topological polar surface area (TPSA) is 63.2 Å². The molecule has 0 unspecified atom stereocenters. The number of rotatable bonds is 5. The molecule has 0 bridgehead atoms. The van der Waals surface area contributed by atoms with Gasteiger partial charge in [0.2, 0.25) is 10.0 Å². The predicted molar refractivity (Wildman–Crippen MR) is 98.6 cm³/mol. The van der Waals surface area contributed by atoms with Gasteiger partial charge in [0, 0.05) is 23.7 Å². The molecular weight excluding hydrogens is 342 g/mol. The number of anilines is 1. The normalized spacial score (nSPS) is 11.4. The molecule has 0 amide bonds. The van der Waals surface area contributed by atoms with Gasteiger partial charge >= 0.3 is 0 Å². The monoisotopic (exact) mass is 359 g/mol. The molecule has 0 aliphatic carbocycles. The zero-order valence-corrected chi connectivity index (χ0v) is 15.0. The second kappa shape index (κ2) is 6.70. The molecule has 0 N–H and O–H groups in total. The number of thiazole rings is 1. The van der Waals surface area contributed by atoms with E-state index in [9.17, 15) is 8.42 Å². The van der Waals surface area contributed by atoms with Crippen molar-refractivity contribution in [3.63, 3.8) is 0 Å². The van der Waals surface area contributed by atoms with Gasteiger partial charge in [-0.3, -0.25) is 9.29 Å². The molecule has 3 rings (SSSR count). The van der Waals surface area contributed by atoms with Crippen LogP contribution in [0.25, 0.3) is 22.0 Å². The van der Waals surface area contributed by atoms with E-state index >= 15 is 0 Å². The highest BCUT2D eigenvalue weighted by atomic mass is 32.2. The molecule has 2 heterocycles. The number of pyridine rings is 1. The fraction of sp³-hybridized carbons (Fsp3) is 0.176. The second-order valence-electron chi connectivity index (χ2n) is 5.23. The van der Waals surface area contributed by atoms with Gasteiger partial charge in [-0.15, -0.1) is 11.3 Å². The molecule has 7 heteroatoms. The lowest BCUT2D eigenvalue weighted by atomic mass is 10.1. The molecule has 2 aromatic heterocycles. The molecule has 124 valence electrons. The van der Waals surface area contributed by atoms with Crippen LogP contribution in [0.5, 0.6) is 0 Å². The Balaban J connectivity index is 1.88. The van der Waals surface area contributed by atoms with E-state index in [2.05, 4.69) is 9.97 Å². The Morgan fingerprint density at radius 2 is 1.83 bits per heavy atom. The van der Waals surface area contributed by atoms with Gasteiger partial charge in [-0.25, -0.2) is 13.4 Å². The third kappa shape index (κ3) is 3.47. The van der Waals surface area contributed by atoms with Crippen LogP contribution in [-0.4, -0.2) is 31.2 Å². The SMILES string of the molecule is CCN(c1ccc(-c2csc(-c3ccccn3)n2)cc1)S(C)(=O)=O. The van der Waals surface area contributed by atoms with E-state index in [4.69, 9.17) is 0 Å². The molecular formula is C17H17N3O2S2. The van der Waals surface area contributed by atoms with Crippen LogP contribution >= 0.6 is 11.3 Å². The predicted octanol–water partition coefficient (Wildman–Crippen LogP) is 3.66. The Kier molecular flexibility index (Phi) is 4.64. The van der Waals surface area contributed by atoms with Crippen LogP contribution in [0.4, 0.5) is 5.69 Å². The van der Waals surface area contributed by atoms with Crippen LogP contribution in [-0.2, 0) is 10.0 Å². The summed E-state index contributed by atoms with van der Waals surface area (Å²) in [5.41, 5.74) is 3.31. The summed E-state index contributed by atoms with van der Waals surface area (Å²) in [7, 11) is -3.27. The largest absolute Gasteiger partial charge is 0.271 e. The van der Waals surface area contributed by atoms with Crippen molar-refractivity contribution < 1.29 is 8.42 Å². The Morgan fingerprint density at radius 1 is 1.08 bits per heavy atom. The zero-order valence-electron chi connectivity index (χ0n) is 13.4. The standard InChI is InChI=1S/C17H17N3O2S2/c1-3-20(24(2,21)22)14-9-7-13(8-10-14)16-12-23-17(19-16)15-6-4-5-11-18-15/h4-12H,3H2,1-2H3. The van der Waals surface area contributed by atoms with E-state index in [1.807, 2.05) is 42.6 Å². The highest BCUT2D eigenvalue weighted by Crippen LogP contribution is 2.29. The van der Waals surface area contributed by atoms with Gasteiger partial charge in [0.15, 0.2) is 0 Å². The second-order valence-corrected chi connectivity index (χ2v) is 7.99. The summed E-state index contributed by atoms with van der Waals surface area (Å²) in [6.45, 7) is 2.22. The Labute approximate surface area is 145 Å². The van der Waals surface area contributed by atoms with E-state index < -0.39 is 10.0 Å². The average Bonchev–Trinajstić information content (AvgIpc) is 3.06. The van der Waals surface area contributed by atoms with Crippen molar-refractivity contribution in [3.8, 4) is 22.0 Å². The van der Waals surface area contributed by atoms with Crippen LogP contribution in [0, 0.1) is 0 Å². The summed E-state index contributed by atoms with van der Waals surface area (Å²) in [5.74, 6) is 0. The Hall–Kier alpha value is -2.25. The maximum absolute atomic E-state index is 11.8. The molecule has 0 aliphatic rings. The first kappa shape index (κ1) is 16.6. The van der Waals surface area contributed by atoms with Crippen molar-refractivity contribution in [3.05, 3.63) is 54.0 Å². The number of hydrogen-bond donors (Lipinski definition) is 0. The minimum Gasteiger partial charge on any atom is -0.271 e. The zero-order chi connectivity index (χ0) is 17.2. The van der Waals surface area contributed by atoms with Gasteiger partial charge < -0.3 is 0 Å². The number of benzene rings is 1. The smallest absolute Gasteiger partial charge is 0.232 e. The number of sulfonamides is 1. The molecule has 24 heavy (non-hydrogen) atoms. The average molecular weight is 359 g/mol. The number of nitrogens with zero attached hydrogens (tertiary/aromatic N) is 3. The number of aromatic nitrogens is 2. The number of hydrogen-bond acceptors (Lipinski definition) is 5. The van der Waals surface area contributed by atoms with Crippen molar-refractivity contribution in [2.24, 2.45) is 0 Å². The maximum atomic E-state index is 11.8. The third-order valence-corrected chi connectivity index (χ3v) is 5.66. The molecule has 0 aliphatic heterocycles. The van der Waals surface area contributed by atoms with Gasteiger partial charge in [0.05, 0.1) is 23.3 Å². The van der Waals surface area contributed by atoms with Crippen molar-refractivity contribution in [1.82, 2.24) is 9.97 Å². The third-order valence-electron chi connectivity index (χ3n) is 3.53. The first-order valence-electron chi connectivity index (χ1n) is 7.44. The lowest BCUT2D eigenvalue weighted by Gasteiger charge is -2.20. The van der Waals surface area contributed by atoms with Crippen LogP contribution in [0.2, 0.25) is 0 Å². The van der Waals surface area contributed by atoms with Crippen LogP contribution < -0.4 is 4.31 Å². The van der Waals surface area contributed by atoms with Crippen LogP contribution in [0.15, 0.2) is 54.0 Å². The first-order chi connectivity index (χ1) is 11.5. The molecule has 0 radical (unpaired) electrons. The first-order valence-corrected chi connectivity index (χ1v) is 10.2. The summed E-state index contributed by atoms with van der Waals surface area (Å²) in [6.07, 6.45) is 2.96. The van der Waals surface area contributed by atoms with Crippen LogP contribution in [0.3, 0.4) is 0 Å². The molecule has 0 atom stereocenters. The van der Waals surface area contributed by atoms with Gasteiger partial charge in [0.1, 0.15) is 5.01 Å². The Bertz CT molecular complexity index is 920. The molecule has 5 nitrogen and oxygen atoms in total.